The van der Waals surface area contributed by atoms with Crippen LogP contribution in [0.1, 0.15) is 68.6 Å². The van der Waals surface area contributed by atoms with E-state index in [4.69, 9.17) is 16.3 Å². The maximum Gasteiger partial charge on any atom is 0.253 e. The predicted octanol–water partition coefficient (Wildman–Crippen LogP) is 6.08. The van der Waals surface area contributed by atoms with Crippen LogP contribution in [0.15, 0.2) is 6.07 Å². The van der Waals surface area contributed by atoms with Crippen LogP contribution in [-0.4, -0.2) is 12.4 Å². The molecular weight excluding hydrogens is 272 g/mol. The summed E-state index contributed by atoms with van der Waals surface area (Å²) in [5.41, 5.74) is 3.27. The van der Waals surface area contributed by atoms with E-state index in [2.05, 4.69) is 0 Å². The van der Waals surface area contributed by atoms with Gasteiger partial charge in [0.05, 0.1) is 7.11 Å². The van der Waals surface area contributed by atoms with Gasteiger partial charge >= 0.3 is 0 Å². The molecule has 118 valence electrons. The van der Waals surface area contributed by atoms with Crippen LogP contribution in [0.25, 0.3) is 0 Å². The van der Waals surface area contributed by atoms with Gasteiger partial charge in [-0.25, -0.2) is 0 Å². The molecule has 0 aliphatic carbocycles. The lowest BCUT2D eigenvalue weighted by molar-refractivity contribution is 0.108. The summed E-state index contributed by atoms with van der Waals surface area (Å²) in [6.45, 7) is 17.7. The molecule has 0 heterocycles. The number of methoxy groups -OCH3 is 1. The van der Waals surface area contributed by atoms with Crippen molar-refractivity contribution in [2.24, 2.45) is 0 Å². The third-order valence-corrected chi connectivity index (χ3v) is 2.49. The van der Waals surface area contributed by atoms with Gasteiger partial charge in [-0.2, -0.15) is 0 Å². The fraction of sp³-hybridized carbons (Fsp3) is 0.588. The van der Waals surface area contributed by atoms with E-state index in [1.165, 1.54) is 0 Å². The summed E-state index contributed by atoms with van der Waals surface area (Å²) in [5.74, 6) is 0.736. The van der Waals surface area contributed by atoms with E-state index in [0.29, 0.717) is 5.56 Å². The van der Waals surface area contributed by atoms with Gasteiger partial charge in [0.25, 0.3) is 5.24 Å². The molecule has 0 bridgehead atoms. The van der Waals surface area contributed by atoms with Crippen molar-refractivity contribution in [1.29, 1.82) is 0 Å². The van der Waals surface area contributed by atoms with Crippen molar-refractivity contribution < 1.29 is 9.53 Å². The Kier molecular flexibility index (Phi) is 17.3. The van der Waals surface area contributed by atoms with E-state index in [0.717, 1.165) is 22.4 Å². The van der Waals surface area contributed by atoms with Crippen molar-refractivity contribution >= 4 is 16.8 Å². The van der Waals surface area contributed by atoms with E-state index in [1.54, 1.807) is 7.11 Å². The van der Waals surface area contributed by atoms with E-state index < -0.39 is 5.24 Å². The highest BCUT2D eigenvalue weighted by Gasteiger charge is 2.15. The normalized spacial score (nSPS) is 7.95. The molecule has 0 unspecified atom stereocenters. The van der Waals surface area contributed by atoms with Crippen LogP contribution in [0.3, 0.4) is 0 Å². The quantitative estimate of drug-likeness (QED) is 0.619. The number of carbonyl (C=O) groups excluding carboxylic acids is 1. The topological polar surface area (TPSA) is 26.3 Å². The molecular formula is C17H31ClO2. The fourth-order valence-electron chi connectivity index (χ4n) is 1.78. The van der Waals surface area contributed by atoms with Crippen LogP contribution < -0.4 is 4.74 Å². The van der Waals surface area contributed by atoms with Crippen LogP contribution >= 0.6 is 11.6 Å². The molecule has 0 amide bonds. The van der Waals surface area contributed by atoms with E-state index in [-0.39, 0.29) is 0 Å². The number of hydrogen-bond donors (Lipinski definition) is 0. The Bertz CT molecular complexity index is 385. The molecule has 0 N–H and O–H groups in total. The van der Waals surface area contributed by atoms with Gasteiger partial charge in [-0.15, -0.1) is 0 Å². The van der Waals surface area contributed by atoms with Crippen molar-refractivity contribution in [3.8, 4) is 5.75 Å². The van der Waals surface area contributed by atoms with Crippen molar-refractivity contribution in [3.05, 3.63) is 28.3 Å². The first-order valence-corrected chi connectivity index (χ1v) is 7.71. The standard InChI is InChI=1S/C11H13ClO2.3C2H6/c1-6-5-7(2)10(14-4)8(3)9(6)11(12)13;3*1-2/h5H,1-4H3;3*1-2H3. The fourth-order valence-corrected chi connectivity index (χ4v) is 2.07. The Balaban J connectivity index is -0.000000425. The molecule has 0 fully saturated rings. The van der Waals surface area contributed by atoms with Gasteiger partial charge in [0.1, 0.15) is 5.75 Å². The highest BCUT2D eigenvalue weighted by molar-refractivity contribution is 6.68. The van der Waals surface area contributed by atoms with Gasteiger partial charge < -0.3 is 4.74 Å². The summed E-state index contributed by atoms with van der Waals surface area (Å²) in [7, 11) is 1.59. The van der Waals surface area contributed by atoms with Crippen molar-refractivity contribution in [1.82, 2.24) is 0 Å². The summed E-state index contributed by atoms with van der Waals surface area (Å²) in [4.78, 5) is 11.2. The van der Waals surface area contributed by atoms with Gasteiger partial charge in [-0.05, 0) is 43.5 Å². The Labute approximate surface area is 130 Å². The lowest BCUT2D eigenvalue weighted by atomic mass is 9.99. The van der Waals surface area contributed by atoms with Crippen LogP contribution in [0, 0.1) is 20.8 Å². The van der Waals surface area contributed by atoms with Gasteiger partial charge in [-0.3, -0.25) is 4.79 Å². The maximum absolute atomic E-state index is 11.2. The number of benzene rings is 1. The average Bonchev–Trinajstić information content (AvgIpc) is 2.45. The molecule has 3 heteroatoms. The first kappa shape index (κ1) is 24.0. The number of halogens is 1. The van der Waals surface area contributed by atoms with Crippen LogP contribution in [0.4, 0.5) is 0 Å². The molecule has 0 aliphatic heterocycles. The number of ether oxygens (including phenoxy) is 1. The van der Waals surface area contributed by atoms with E-state index >= 15 is 0 Å². The zero-order valence-electron chi connectivity index (χ0n) is 14.8. The van der Waals surface area contributed by atoms with Gasteiger partial charge in [-0.1, -0.05) is 47.6 Å². The summed E-state index contributed by atoms with van der Waals surface area (Å²) >= 11 is 5.50. The molecule has 0 radical (unpaired) electrons. The first-order valence-electron chi connectivity index (χ1n) is 7.33. The minimum absolute atomic E-state index is 0.432. The summed E-state index contributed by atoms with van der Waals surface area (Å²) in [6, 6.07) is 1.90. The minimum Gasteiger partial charge on any atom is -0.496 e. The summed E-state index contributed by atoms with van der Waals surface area (Å²) in [5, 5.41) is -0.432. The highest BCUT2D eigenvalue weighted by Crippen LogP contribution is 2.29. The monoisotopic (exact) mass is 302 g/mol. The van der Waals surface area contributed by atoms with E-state index in [1.807, 2.05) is 68.4 Å². The maximum atomic E-state index is 11.2. The smallest absolute Gasteiger partial charge is 0.253 e. The molecule has 2 nitrogen and oxygen atoms in total. The molecule has 0 spiro atoms. The zero-order chi connectivity index (χ0) is 16.9. The Morgan fingerprint density at radius 1 is 0.950 bits per heavy atom. The Morgan fingerprint density at radius 3 is 1.65 bits per heavy atom. The second kappa shape index (κ2) is 14.4. The predicted molar refractivity (Wildman–Crippen MR) is 91.4 cm³/mol. The SMILES string of the molecule is CC.CC.CC.COc1c(C)cc(C)c(C(=O)Cl)c1C. The molecule has 0 aliphatic rings. The Hall–Kier alpha value is -1.02. The minimum atomic E-state index is -0.432. The largest absolute Gasteiger partial charge is 0.496 e. The Morgan fingerprint density at radius 2 is 1.35 bits per heavy atom. The first-order chi connectivity index (χ1) is 9.49. The van der Waals surface area contributed by atoms with Crippen LogP contribution in [-0.2, 0) is 0 Å². The zero-order valence-corrected chi connectivity index (χ0v) is 15.5. The second-order valence-electron chi connectivity index (χ2n) is 3.32. The van der Waals surface area contributed by atoms with Crippen LogP contribution in [0.5, 0.6) is 5.75 Å². The molecule has 1 aromatic rings. The van der Waals surface area contributed by atoms with Crippen molar-refractivity contribution in [2.45, 2.75) is 62.3 Å². The lowest BCUT2D eigenvalue weighted by Crippen LogP contribution is -2.02. The second-order valence-corrected chi connectivity index (χ2v) is 3.66. The molecule has 1 rings (SSSR count). The summed E-state index contributed by atoms with van der Waals surface area (Å²) in [6.07, 6.45) is 0. The number of carbonyl (C=O) groups is 1. The van der Waals surface area contributed by atoms with Crippen LogP contribution in [0.2, 0.25) is 0 Å². The van der Waals surface area contributed by atoms with Gasteiger partial charge in [0, 0.05) is 11.1 Å². The molecule has 0 saturated carbocycles. The van der Waals surface area contributed by atoms with Gasteiger partial charge in [0.15, 0.2) is 0 Å². The number of rotatable bonds is 2. The van der Waals surface area contributed by atoms with Crippen molar-refractivity contribution in [3.63, 3.8) is 0 Å². The molecule has 1 aromatic carbocycles. The van der Waals surface area contributed by atoms with E-state index in [9.17, 15) is 4.79 Å². The lowest BCUT2D eigenvalue weighted by Gasteiger charge is -2.13. The molecule has 0 aromatic heterocycles. The molecule has 0 saturated heterocycles. The third kappa shape index (κ3) is 6.95. The number of hydrogen-bond acceptors (Lipinski definition) is 2. The molecule has 20 heavy (non-hydrogen) atoms. The highest BCUT2D eigenvalue weighted by atomic mass is 35.5. The summed E-state index contributed by atoms with van der Waals surface area (Å²) < 4.78 is 5.21. The average molecular weight is 303 g/mol. The number of aryl methyl sites for hydroxylation is 2. The third-order valence-electron chi connectivity index (χ3n) is 2.30. The van der Waals surface area contributed by atoms with Gasteiger partial charge in [0.2, 0.25) is 0 Å². The van der Waals surface area contributed by atoms with Crippen molar-refractivity contribution in [2.75, 3.05) is 7.11 Å². The molecule has 0 atom stereocenters.